The summed E-state index contributed by atoms with van der Waals surface area (Å²) >= 11 is 1.80. The van der Waals surface area contributed by atoms with Crippen LogP contribution in [0.2, 0.25) is 0 Å². The lowest BCUT2D eigenvalue weighted by molar-refractivity contribution is -0.117. The Morgan fingerprint density at radius 1 is 1.70 bits per heavy atom. The molecule has 60 valence electrons. The first-order chi connectivity index (χ1) is 4.77. The van der Waals surface area contributed by atoms with Gasteiger partial charge in [-0.05, 0) is 25.0 Å². The van der Waals surface area contributed by atoms with Gasteiger partial charge in [-0.15, -0.1) is 0 Å². The summed E-state index contributed by atoms with van der Waals surface area (Å²) in [5.41, 5.74) is 4.90. The number of primary amides is 1. The van der Waals surface area contributed by atoms with Crippen LogP contribution in [-0.4, -0.2) is 31.0 Å². The molecular weight excluding hydrogens is 148 g/mol. The maximum absolute atomic E-state index is 10.2. The van der Waals surface area contributed by atoms with Crippen molar-refractivity contribution in [3.05, 3.63) is 0 Å². The molecule has 0 spiro atoms. The maximum atomic E-state index is 10.2. The maximum Gasteiger partial charge on any atom is 0.231 e. The molecule has 0 atom stereocenters. The summed E-state index contributed by atoms with van der Waals surface area (Å²) in [5, 5.41) is 2.93. The van der Waals surface area contributed by atoms with Crippen LogP contribution in [0.5, 0.6) is 0 Å². The molecule has 0 aromatic rings. The lowest BCUT2D eigenvalue weighted by Crippen LogP contribution is -2.29. The van der Waals surface area contributed by atoms with Crippen LogP contribution in [0.1, 0.15) is 6.42 Å². The molecule has 0 aliphatic heterocycles. The molecule has 0 unspecified atom stereocenters. The van der Waals surface area contributed by atoms with Gasteiger partial charge in [-0.25, -0.2) is 0 Å². The normalized spacial score (nSPS) is 9.70. The minimum absolute atomic E-state index is 0.288. The van der Waals surface area contributed by atoms with Crippen LogP contribution in [0.15, 0.2) is 0 Å². The number of hydrogen-bond donors (Lipinski definition) is 2. The monoisotopic (exact) mass is 162 g/mol. The van der Waals surface area contributed by atoms with Crippen molar-refractivity contribution in [3.8, 4) is 0 Å². The van der Waals surface area contributed by atoms with Crippen molar-refractivity contribution in [1.29, 1.82) is 0 Å². The van der Waals surface area contributed by atoms with Crippen LogP contribution in [0.25, 0.3) is 0 Å². The van der Waals surface area contributed by atoms with Gasteiger partial charge in [-0.3, -0.25) is 4.79 Å². The van der Waals surface area contributed by atoms with E-state index < -0.39 is 0 Å². The second-order valence-electron chi connectivity index (χ2n) is 1.99. The van der Waals surface area contributed by atoms with E-state index >= 15 is 0 Å². The summed E-state index contributed by atoms with van der Waals surface area (Å²) in [6.45, 7) is 1.18. The summed E-state index contributed by atoms with van der Waals surface area (Å²) in [5.74, 6) is 0.843. The van der Waals surface area contributed by atoms with Crippen molar-refractivity contribution in [2.24, 2.45) is 5.73 Å². The average Bonchev–Trinajstić information content (AvgIpc) is 1.87. The van der Waals surface area contributed by atoms with Gasteiger partial charge in [0.2, 0.25) is 5.91 Å². The largest absolute Gasteiger partial charge is 0.369 e. The Bertz CT molecular complexity index is 97.7. The minimum Gasteiger partial charge on any atom is -0.369 e. The van der Waals surface area contributed by atoms with Gasteiger partial charge in [0.05, 0.1) is 6.54 Å². The van der Waals surface area contributed by atoms with E-state index in [-0.39, 0.29) is 5.91 Å². The first kappa shape index (κ1) is 9.78. The van der Waals surface area contributed by atoms with E-state index in [0.29, 0.717) is 6.54 Å². The first-order valence-corrected chi connectivity index (χ1v) is 4.64. The van der Waals surface area contributed by atoms with Crippen LogP contribution in [0, 0.1) is 0 Å². The van der Waals surface area contributed by atoms with E-state index in [4.69, 9.17) is 5.73 Å². The highest BCUT2D eigenvalue weighted by molar-refractivity contribution is 7.98. The fourth-order valence-corrected chi connectivity index (χ4v) is 0.986. The molecule has 3 N–H and O–H groups in total. The number of thioether (sulfide) groups is 1. The molecule has 0 aliphatic carbocycles. The smallest absolute Gasteiger partial charge is 0.231 e. The van der Waals surface area contributed by atoms with Gasteiger partial charge in [-0.2, -0.15) is 11.8 Å². The number of hydrogen-bond acceptors (Lipinski definition) is 3. The Morgan fingerprint density at radius 3 is 2.90 bits per heavy atom. The highest BCUT2D eigenvalue weighted by Crippen LogP contribution is 1.92. The fourth-order valence-electron chi connectivity index (χ4n) is 0.553. The highest BCUT2D eigenvalue weighted by atomic mass is 32.2. The van der Waals surface area contributed by atoms with E-state index in [1.807, 2.05) is 0 Å². The Hall–Kier alpha value is -0.220. The molecule has 0 bridgehead atoms. The zero-order valence-corrected chi connectivity index (χ0v) is 7.04. The molecule has 0 heterocycles. The van der Waals surface area contributed by atoms with Gasteiger partial charge in [0.15, 0.2) is 0 Å². The van der Waals surface area contributed by atoms with Gasteiger partial charge in [0.25, 0.3) is 0 Å². The summed E-state index contributed by atoms with van der Waals surface area (Å²) in [6.07, 6.45) is 3.16. The molecule has 10 heavy (non-hydrogen) atoms. The van der Waals surface area contributed by atoms with E-state index in [9.17, 15) is 4.79 Å². The lowest BCUT2D eigenvalue weighted by atomic mass is 10.4. The van der Waals surface area contributed by atoms with E-state index in [0.717, 1.165) is 18.7 Å². The van der Waals surface area contributed by atoms with Gasteiger partial charge in [-0.1, -0.05) is 0 Å². The van der Waals surface area contributed by atoms with Crippen molar-refractivity contribution >= 4 is 17.7 Å². The zero-order valence-electron chi connectivity index (χ0n) is 6.22. The number of nitrogens with two attached hydrogens (primary N) is 1. The molecule has 4 heteroatoms. The summed E-state index contributed by atoms with van der Waals surface area (Å²) in [4.78, 5) is 10.2. The molecule has 0 saturated heterocycles. The number of nitrogens with one attached hydrogen (secondary N) is 1. The fraction of sp³-hybridized carbons (Fsp3) is 0.833. The number of carbonyl (C=O) groups is 1. The molecule has 0 fully saturated rings. The molecule has 0 saturated carbocycles. The van der Waals surface area contributed by atoms with Crippen molar-refractivity contribution in [2.75, 3.05) is 25.1 Å². The molecular formula is C6H14N2OS. The van der Waals surface area contributed by atoms with Crippen LogP contribution in [0.3, 0.4) is 0 Å². The molecule has 0 radical (unpaired) electrons. The second-order valence-corrected chi connectivity index (χ2v) is 2.98. The Morgan fingerprint density at radius 2 is 2.40 bits per heavy atom. The summed E-state index contributed by atoms with van der Waals surface area (Å²) < 4.78 is 0. The third kappa shape index (κ3) is 7.78. The predicted octanol–water partition coefficient (Wildman–Crippen LogP) is -0.186. The van der Waals surface area contributed by atoms with Gasteiger partial charge >= 0.3 is 0 Å². The summed E-state index contributed by atoms with van der Waals surface area (Å²) in [7, 11) is 0. The van der Waals surface area contributed by atoms with Crippen LogP contribution < -0.4 is 11.1 Å². The quantitative estimate of drug-likeness (QED) is 0.532. The third-order valence-electron chi connectivity index (χ3n) is 1.00. The predicted molar refractivity (Wildman–Crippen MR) is 45.1 cm³/mol. The summed E-state index contributed by atoms with van der Waals surface area (Å²) in [6, 6.07) is 0. The molecule has 0 aliphatic rings. The number of carbonyl (C=O) groups excluding carboxylic acids is 1. The molecule has 0 aromatic carbocycles. The van der Waals surface area contributed by atoms with Gasteiger partial charge in [0, 0.05) is 0 Å². The van der Waals surface area contributed by atoms with Crippen molar-refractivity contribution in [3.63, 3.8) is 0 Å². The number of amides is 1. The third-order valence-corrected chi connectivity index (χ3v) is 1.70. The van der Waals surface area contributed by atoms with Crippen molar-refractivity contribution in [2.45, 2.75) is 6.42 Å². The van der Waals surface area contributed by atoms with Crippen LogP contribution in [0.4, 0.5) is 0 Å². The Kier molecular flexibility index (Phi) is 6.74. The topological polar surface area (TPSA) is 55.1 Å². The van der Waals surface area contributed by atoms with Crippen LogP contribution in [-0.2, 0) is 4.79 Å². The highest BCUT2D eigenvalue weighted by Gasteiger charge is 1.90. The average molecular weight is 162 g/mol. The second kappa shape index (κ2) is 6.89. The SMILES string of the molecule is CSCCCNCC(N)=O. The van der Waals surface area contributed by atoms with Crippen molar-refractivity contribution in [1.82, 2.24) is 5.32 Å². The number of rotatable bonds is 6. The van der Waals surface area contributed by atoms with E-state index in [1.165, 1.54) is 0 Å². The van der Waals surface area contributed by atoms with Crippen LogP contribution >= 0.6 is 11.8 Å². The zero-order chi connectivity index (χ0) is 7.82. The Balaban J connectivity index is 2.84. The van der Waals surface area contributed by atoms with Gasteiger partial charge in [0.1, 0.15) is 0 Å². The molecule has 0 rings (SSSR count). The molecule has 1 amide bonds. The Labute approximate surface area is 65.7 Å². The first-order valence-electron chi connectivity index (χ1n) is 3.25. The lowest BCUT2D eigenvalue weighted by Gasteiger charge is -1.99. The van der Waals surface area contributed by atoms with Gasteiger partial charge < -0.3 is 11.1 Å². The minimum atomic E-state index is -0.288. The van der Waals surface area contributed by atoms with E-state index in [2.05, 4.69) is 11.6 Å². The standard InChI is InChI=1S/C6H14N2OS/c1-10-4-2-3-8-5-6(7)9/h8H,2-5H2,1H3,(H2,7,9). The van der Waals surface area contributed by atoms with E-state index in [1.54, 1.807) is 11.8 Å². The van der Waals surface area contributed by atoms with Crippen molar-refractivity contribution < 1.29 is 4.79 Å². The molecule has 3 nitrogen and oxygen atoms in total. The molecule has 0 aromatic heterocycles.